The number of carbonyl (C=O) groups is 2. The average Bonchev–Trinajstić information content (AvgIpc) is 3.11. The van der Waals surface area contributed by atoms with Crippen molar-refractivity contribution in [1.82, 2.24) is 10.3 Å². The third-order valence-corrected chi connectivity index (χ3v) is 5.38. The Morgan fingerprint density at radius 3 is 2.44 bits per heavy atom. The van der Waals surface area contributed by atoms with Crippen LogP contribution in [-0.2, 0) is 27.2 Å². The zero-order valence-corrected chi connectivity index (χ0v) is 17.0. The van der Waals surface area contributed by atoms with Crippen LogP contribution in [0.25, 0.3) is 0 Å². The van der Waals surface area contributed by atoms with Gasteiger partial charge in [-0.2, -0.15) is 0 Å². The third-order valence-electron chi connectivity index (χ3n) is 4.37. The molecule has 0 radical (unpaired) electrons. The number of anilines is 1. The van der Waals surface area contributed by atoms with Gasteiger partial charge in [0.15, 0.2) is 0 Å². The Morgan fingerprint density at radius 1 is 1.26 bits per heavy atom. The molecule has 0 saturated heterocycles. The highest BCUT2D eigenvalue weighted by molar-refractivity contribution is 7.09. The summed E-state index contributed by atoms with van der Waals surface area (Å²) in [4.78, 5) is 29.5. The van der Waals surface area contributed by atoms with E-state index in [1.54, 1.807) is 0 Å². The van der Waals surface area contributed by atoms with Crippen molar-refractivity contribution in [3.8, 4) is 0 Å². The maximum atomic E-state index is 12.8. The van der Waals surface area contributed by atoms with Crippen molar-refractivity contribution in [3.05, 3.63) is 45.9 Å². The Morgan fingerprint density at radius 2 is 1.93 bits per heavy atom. The summed E-state index contributed by atoms with van der Waals surface area (Å²) < 4.78 is 4.81. The van der Waals surface area contributed by atoms with Crippen LogP contribution in [0, 0.1) is 11.8 Å². The fourth-order valence-corrected chi connectivity index (χ4v) is 3.76. The second-order valence-corrected chi connectivity index (χ2v) is 7.67. The van der Waals surface area contributed by atoms with Crippen LogP contribution in [0.5, 0.6) is 0 Å². The molecule has 3 N–H and O–H groups in total. The summed E-state index contributed by atoms with van der Waals surface area (Å²) in [5.74, 6) is -1.89. The van der Waals surface area contributed by atoms with Gasteiger partial charge >= 0.3 is 5.97 Å². The van der Waals surface area contributed by atoms with Crippen molar-refractivity contribution in [1.29, 1.82) is 0 Å². The molecule has 0 bridgehead atoms. The highest BCUT2D eigenvalue weighted by atomic mass is 32.1. The lowest BCUT2D eigenvalue weighted by Crippen LogP contribution is -2.41. The number of thiazole rings is 1. The average molecular weight is 390 g/mol. The minimum Gasteiger partial charge on any atom is -0.468 e. The van der Waals surface area contributed by atoms with Crippen LogP contribution in [0.1, 0.15) is 43.1 Å². The summed E-state index contributed by atoms with van der Waals surface area (Å²) >= 11 is 1.51. The fourth-order valence-electron chi connectivity index (χ4n) is 2.80. The second-order valence-electron chi connectivity index (χ2n) is 6.78. The van der Waals surface area contributed by atoms with E-state index in [0.29, 0.717) is 12.1 Å². The molecule has 2 rings (SSSR count). The Balaban J connectivity index is 2.26. The monoisotopic (exact) mass is 389 g/mol. The third kappa shape index (κ3) is 5.53. The first kappa shape index (κ1) is 20.9. The molecule has 7 heteroatoms. The van der Waals surface area contributed by atoms with Gasteiger partial charge in [0.1, 0.15) is 10.9 Å². The molecule has 0 aliphatic heterocycles. The van der Waals surface area contributed by atoms with Crippen molar-refractivity contribution in [3.63, 3.8) is 0 Å². The van der Waals surface area contributed by atoms with Crippen LogP contribution in [0.3, 0.4) is 0 Å². The first-order valence-electron chi connectivity index (χ1n) is 9.02. The Labute approximate surface area is 164 Å². The van der Waals surface area contributed by atoms with Crippen molar-refractivity contribution in [2.24, 2.45) is 11.8 Å². The lowest BCUT2D eigenvalue weighted by atomic mass is 9.94. The van der Waals surface area contributed by atoms with Crippen molar-refractivity contribution < 1.29 is 14.3 Å². The minimum atomic E-state index is -0.852. The van der Waals surface area contributed by atoms with E-state index in [2.05, 4.69) is 10.3 Å². The number of aryl methyl sites for hydroxylation is 1. The van der Waals surface area contributed by atoms with E-state index in [9.17, 15) is 9.59 Å². The van der Waals surface area contributed by atoms with E-state index < -0.39 is 11.9 Å². The normalized spacial score (nSPS) is 13.2. The largest absolute Gasteiger partial charge is 0.468 e. The molecular weight excluding hydrogens is 362 g/mol. The van der Waals surface area contributed by atoms with E-state index >= 15 is 0 Å². The van der Waals surface area contributed by atoms with Gasteiger partial charge in [0, 0.05) is 11.1 Å². The number of amides is 1. The van der Waals surface area contributed by atoms with Crippen LogP contribution in [-0.4, -0.2) is 24.0 Å². The molecule has 2 unspecified atom stereocenters. The molecule has 1 aromatic heterocycles. The van der Waals surface area contributed by atoms with Gasteiger partial charge in [-0.25, -0.2) is 4.98 Å². The zero-order chi connectivity index (χ0) is 20.0. The number of nitrogen functional groups attached to an aromatic ring is 1. The number of carbonyl (C=O) groups excluding carboxylic acids is 2. The van der Waals surface area contributed by atoms with Crippen LogP contribution < -0.4 is 11.1 Å². The van der Waals surface area contributed by atoms with Gasteiger partial charge in [-0.15, -0.1) is 11.3 Å². The van der Waals surface area contributed by atoms with E-state index in [4.69, 9.17) is 10.5 Å². The lowest BCUT2D eigenvalue weighted by molar-refractivity contribution is -0.152. The van der Waals surface area contributed by atoms with Crippen LogP contribution >= 0.6 is 11.3 Å². The number of esters is 1. The summed E-state index contributed by atoms with van der Waals surface area (Å²) in [5.41, 5.74) is 8.46. The smallest absolute Gasteiger partial charge is 0.318 e. The van der Waals surface area contributed by atoms with Crippen molar-refractivity contribution in [2.75, 3.05) is 12.8 Å². The molecular formula is C20H27N3O3S. The van der Waals surface area contributed by atoms with Crippen molar-refractivity contribution >= 4 is 28.9 Å². The molecule has 0 aliphatic rings. The molecule has 2 aromatic rings. The first-order valence-corrected chi connectivity index (χ1v) is 9.90. The summed E-state index contributed by atoms with van der Waals surface area (Å²) in [6, 6.07) is 7.21. The number of benzene rings is 1. The van der Waals surface area contributed by atoms with Crippen LogP contribution in [0.15, 0.2) is 29.6 Å². The van der Waals surface area contributed by atoms with Gasteiger partial charge < -0.3 is 15.8 Å². The van der Waals surface area contributed by atoms with E-state index in [0.717, 1.165) is 22.7 Å². The van der Waals surface area contributed by atoms with Gasteiger partial charge in [-0.3, -0.25) is 9.59 Å². The van der Waals surface area contributed by atoms with Gasteiger partial charge in [0.25, 0.3) is 0 Å². The Bertz CT molecular complexity index is 771. The number of nitrogens with one attached hydrogen (secondary N) is 1. The van der Waals surface area contributed by atoms with E-state index in [-0.39, 0.29) is 17.9 Å². The predicted molar refractivity (Wildman–Crippen MR) is 107 cm³/mol. The number of hydrogen-bond acceptors (Lipinski definition) is 6. The van der Waals surface area contributed by atoms with E-state index in [1.165, 1.54) is 18.4 Å². The number of nitrogens with zero attached hydrogens (tertiary/aromatic N) is 1. The molecule has 1 amide bonds. The highest BCUT2D eigenvalue weighted by Gasteiger charge is 2.33. The molecule has 146 valence electrons. The summed E-state index contributed by atoms with van der Waals surface area (Å²) in [5, 5.41) is 5.83. The molecule has 0 aliphatic carbocycles. The van der Waals surface area contributed by atoms with Gasteiger partial charge in [0.05, 0.1) is 18.8 Å². The molecule has 6 nitrogen and oxygen atoms in total. The molecule has 2 atom stereocenters. The van der Waals surface area contributed by atoms with Crippen molar-refractivity contribution in [2.45, 2.75) is 39.7 Å². The molecule has 27 heavy (non-hydrogen) atoms. The summed E-state index contributed by atoms with van der Waals surface area (Å²) in [6.45, 7) is 5.70. The Hall–Kier alpha value is -2.41. The molecule has 1 heterocycles. The lowest BCUT2D eigenvalue weighted by Gasteiger charge is -2.22. The van der Waals surface area contributed by atoms with Crippen LogP contribution in [0.4, 0.5) is 5.69 Å². The number of aromatic nitrogens is 1. The number of hydrogen-bond donors (Lipinski definition) is 2. The van der Waals surface area contributed by atoms with Gasteiger partial charge in [-0.05, 0) is 36.5 Å². The SMILES string of the molecule is CCc1csc(C(Cc2ccc(N)cc2)NC(=O)C(C(=O)OC)C(C)C)n1. The number of methoxy groups -OCH3 is 1. The highest BCUT2D eigenvalue weighted by Crippen LogP contribution is 2.25. The minimum absolute atomic E-state index is 0.169. The maximum Gasteiger partial charge on any atom is 0.318 e. The molecule has 1 aromatic carbocycles. The fraction of sp³-hybridized carbons (Fsp3) is 0.450. The van der Waals surface area contributed by atoms with Crippen LogP contribution in [0.2, 0.25) is 0 Å². The summed E-state index contributed by atoms with van der Waals surface area (Å²) in [7, 11) is 1.30. The number of nitrogens with two attached hydrogens (primary N) is 1. The standard InChI is InChI=1S/C20H27N3O3S/c1-5-15-11-27-19(22-15)16(10-13-6-8-14(21)9-7-13)23-18(24)17(12(2)3)20(25)26-4/h6-9,11-12,16-17H,5,10,21H2,1-4H3,(H,23,24). The molecule has 0 spiro atoms. The molecule has 0 saturated carbocycles. The topological polar surface area (TPSA) is 94.3 Å². The predicted octanol–water partition coefficient (Wildman–Crippen LogP) is 3.13. The second kappa shape index (κ2) is 9.50. The summed E-state index contributed by atoms with van der Waals surface area (Å²) in [6.07, 6.45) is 1.39. The molecule has 0 fully saturated rings. The van der Waals surface area contributed by atoms with Gasteiger partial charge in [0.2, 0.25) is 5.91 Å². The zero-order valence-electron chi connectivity index (χ0n) is 16.2. The van der Waals surface area contributed by atoms with E-state index in [1.807, 2.05) is 50.4 Å². The first-order chi connectivity index (χ1) is 12.8. The van der Waals surface area contributed by atoms with Gasteiger partial charge in [-0.1, -0.05) is 32.9 Å². The maximum absolute atomic E-state index is 12.8. The quantitative estimate of drug-likeness (QED) is 0.411. The Kier molecular flexibility index (Phi) is 7.36. The number of ether oxygens (including phenoxy) is 1. The number of rotatable bonds is 8.